The lowest BCUT2D eigenvalue weighted by atomic mass is 10.1. The van der Waals surface area contributed by atoms with Crippen LogP contribution in [0.4, 0.5) is 0 Å². The van der Waals surface area contributed by atoms with Crippen LogP contribution >= 0.6 is 15.9 Å². The summed E-state index contributed by atoms with van der Waals surface area (Å²) < 4.78 is 11.2. The van der Waals surface area contributed by atoms with E-state index in [0.717, 1.165) is 23.2 Å². The van der Waals surface area contributed by atoms with Gasteiger partial charge in [0, 0.05) is 23.1 Å². The Balaban J connectivity index is 1.80. The fourth-order valence-electron chi connectivity index (χ4n) is 1.94. The van der Waals surface area contributed by atoms with Crippen LogP contribution in [0.5, 0.6) is 5.75 Å². The normalized spacial score (nSPS) is 22.8. The Labute approximate surface area is 114 Å². The molecule has 2 atom stereocenters. The third kappa shape index (κ3) is 3.43. The zero-order valence-electron chi connectivity index (χ0n) is 10.1. The number of pyridine rings is 1. The van der Waals surface area contributed by atoms with Crippen molar-refractivity contribution in [3.8, 4) is 5.75 Å². The Bertz CT molecular complexity index is 428. The molecular formula is C12H15BrN2O3. The smallest absolute Gasteiger partial charge is 0.322 e. The van der Waals surface area contributed by atoms with E-state index in [-0.39, 0.29) is 12.0 Å². The third-order valence-corrected chi connectivity index (χ3v) is 3.31. The molecule has 2 rings (SSSR count). The minimum absolute atomic E-state index is 0.204. The Morgan fingerprint density at radius 1 is 1.61 bits per heavy atom. The van der Waals surface area contributed by atoms with Gasteiger partial charge in [-0.15, -0.1) is 0 Å². The van der Waals surface area contributed by atoms with Gasteiger partial charge in [0.15, 0.2) is 0 Å². The molecule has 0 radical (unpaired) electrons. The van der Waals surface area contributed by atoms with E-state index in [1.54, 1.807) is 12.4 Å². The summed E-state index contributed by atoms with van der Waals surface area (Å²) in [5.74, 6) is 0.834. The van der Waals surface area contributed by atoms with Crippen molar-refractivity contribution in [2.24, 2.45) is 5.92 Å². The number of aromatic nitrogens is 1. The first kappa shape index (κ1) is 13.3. The molecule has 1 aliphatic heterocycles. The SMILES string of the molecule is COC(=O)C1CC(COc2cncc(Br)c2)CN1. The van der Waals surface area contributed by atoms with Crippen LogP contribution in [-0.2, 0) is 9.53 Å². The highest BCUT2D eigenvalue weighted by molar-refractivity contribution is 9.10. The quantitative estimate of drug-likeness (QED) is 0.851. The van der Waals surface area contributed by atoms with Crippen molar-refractivity contribution in [3.05, 3.63) is 22.9 Å². The maximum Gasteiger partial charge on any atom is 0.322 e. The molecular weight excluding hydrogens is 300 g/mol. The topological polar surface area (TPSA) is 60.5 Å². The lowest BCUT2D eigenvalue weighted by Gasteiger charge is -2.11. The van der Waals surface area contributed by atoms with E-state index in [2.05, 4.69) is 26.2 Å². The molecule has 2 unspecified atom stereocenters. The molecule has 6 heteroatoms. The molecule has 0 saturated carbocycles. The van der Waals surface area contributed by atoms with Gasteiger partial charge in [-0.05, 0) is 28.4 Å². The van der Waals surface area contributed by atoms with E-state index in [4.69, 9.17) is 9.47 Å². The van der Waals surface area contributed by atoms with Crippen molar-refractivity contribution in [3.63, 3.8) is 0 Å². The summed E-state index contributed by atoms with van der Waals surface area (Å²) in [5, 5.41) is 3.13. The summed E-state index contributed by atoms with van der Waals surface area (Å²) in [6, 6.07) is 1.66. The van der Waals surface area contributed by atoms with Crippen molar-refractivity contribution < 1.29 is 14.3 Å². The number of methoxy groups -OCH3 is 1. The van der Waals surface area contributed by atoms with E-state index in [1.165, 1.54) is 7.11 Å². The van der Waals surface area contributed by atoms with Crippen LogP contribution in [-0.4, -0.2) is 37.3 Å². The predicted octanol–water partition coefficient (Wildman–Crippen LogP) is 1.37. The Morgan fingerprint density at radius 2 is 2.44 bits per heavy atom. The van der Waals surface area contributed by atoms with E-state index >= 15 is 0 Å². The summed E-state index contributed by atoms with van der Waals surface area (Å²) in [6.45, 7) is 1.33. The monoisotopic (exact) mass is 314 g/mol. The van der Waals surface area contributed by atoms with Crippen LogP contribution in [0.15, 0.2) is 22.9 Å². The Kier molecular flexibility index (Phi) is 4.54. The molecule has 18 heavy (non-hydrogen) atoms. The lowest BCUT2D eigenvalue weighted by Crippen LogP contribution is -2.31. The standard InChI is InChI=1S/C12H15BrN2O3/c1-17-12(16)11-2-8(4-15-11)7-18-10-3-9(13)5-14-6-10/h3,5-6,8,11,15H,2,4,7H2,1H3. The molecule has 1 aliphatic rings. The van der Waals surface area contributed by atoms with E-state index in [9.17, 15) is 4.79 Å². The number of nitrogens with one attached hydrogen (secondary N) is 1. The molecule has 0 spiro atoms. The number of carbonyl (C=O) groups excluding carboxylic acids is 1. The molecule has 2 heterocycles. The van der Waals surface area contributed by atoms with Gasteiger partial charge in [0.05, 0.1) is 19.9 Å². The summed E-state index contributed by atoms with van der Waals surface area (Å²) in [6.07, 6.45) is 4.12. The van der Waals surface area contributed by atoms with Crippen molar-refractivity contribution in [2.45, 2.75) is 12.5 Å². The number of esters is 1. The van der Waals surface area contributed by atoms with Gasteiger partial charge in [-0.25, -0.2) is 0 Å². The lowest BCUT2D eigenvalue weighted by molar-refractivity contribution is -0.142. The van der Waals surface area contributed by atoms with Crippen molar-refractivity contribution in [1.82, 2.24) is 10.3 Å². The predicted molar refractivity (Wildman–Crippen MR) is 69.3 cm³/mol. The summed E-state index contributed by atoms with van der Waals surface area (Å²) in [5.41, 5.74) is 0. The van der Waals surface area contributed by atoms with Crippen LogP contribution in [0.3, 0.4) is 0 Å². The summed E-state index contributed by atoms with van der Waals surface area (Å²) in [7, 11) is 1.40. The fraction of sp³-hybridized carbons (Fsp3) is 0.500. The third-order valence-electron chi connectivity index (χ3n) is 2.87. The van der Waals surface area contributed by atoms with Gasteiger partial charge in [0.2, 0.25) is 0 Å². The number of halogens is 1. The molecule has 1 saturated heterocycles. The number of nitrogens with zero attached hydrogens (tertiary/aromatic N) is 1. The highest BCUT2D eigenvalue weighted by Crippen LogP contribution is 2.19. The van der Waals surface area contributed by atoms with Gasteiger partial charge in [0.25, 0.3) is 0 Å². The molecule has 0 aliphatic carbocycles. The van der Waals surface area contributed by atoms with Gasteiger partial charge >= 0.3 is 5.97 Å². The molecule has 1 aromatic heterocycles. The molecule has 1 aromatic rings. The highest BCUT2D eigenvalue weighted by atomic mass is 79.9. The second-order valence-corrected chi connectivity index (χ2v) is 5.15. The first-order valence-corrected chi connectivity index (χ1v) is 6.53. The number of rotatable bonds is 4. The first-order chi connectivity index (χ1) is 8.69. The number of carbonyl (C=O) groups is 1. The number of hydrogen-bond donors (Lipinski definition) is 1. The molecule has 0 amide bonds. The fourth-order valence-corrected chi connectivity index (χ4v) is 2.29. The second-order valence-electron chi connectivity index (χ2n) is 4.24. The van der Waals surface area contributed by atoms with Crippen molar-refractivity contribution in [2.75, 3.05) is 20.3 Å². The van der Waals surface area contributed by atoms with Crippen molar-refractivity contribution >= 4 is 21.9 Å². The summed E-state index contributed by atoms with van der Waals surface area (Å²) in [4.78, 5) is 15.4. The largest absolute Gasteiger partial charge is 0.492 e. The van der Waals surface area contributed by atoms with Gasteiger partial charge in [-0.2, -0.15) is 0 Å². The van der Waals surface area contributed by atoms with E-state index in [0.29, 0.717) is 12.5 Å². The van der Waals surface area contributed by atoms with Crippen LogP contribution < -0.4 is 10.1 Å². The molecule has 98 valence electrons. The average Bonchev–Trinajstić information content (AvgIpc) is 2.84. The first-order valence-electron chi connectivity index (χ1n) is 5.73. The molecule has 5 nitrogen and oxygen atoms in total. The van der Waals surface area contributed by atoms with E-state index < -0.39 is 0 Å². The minimum atomic E-state index is -0.207. The van der Waals surface area contributed by atoms with Crippen LogP contribution in [0.25, 0.3) is 0 Å². The number of ether oxygens (including phenoxy) is 2. The zero-order chi connectivity index (χ0) is 13.0. The molecule has 1 fully saturated rings. The van der Waals surface area contributed by atoms with Gasteiger partial charge in [-0.3, -0.25) is 9.78 Å². The maximum absolute atomic E-state index is 11.3. The van der Waals surface area contributed by atoms with Gasteiger partial charge < -0.3 is 14.8 Å². The maximum atomic E-state index is 11.3. The van der Waals surface area contributed by atoms with Crippen LogP contribution in [0, 0.1) is 5.92 Å². The Morgan fingerprint density at radius 3 is 3.17 bits per heavy atom. The highest BCUT2D eigenvalue weighted by Gasteiger charge is 2.30. The van der Waals surface area contributed by atoms with Crippen LogP contribution in [0.2, 0.25) is 0 Å². The van der Waals surface area contributed by atoms with Gasteiger partial charge in [-0.1, -0.05) is 0 Å². The van der Waals surface area contributed by atoms with E-state index in [1.807, 2.05) is 6.07 Å². The Hall–Kier alpha value is -1.14. The van der Waals surface area contributed by atoms with Gasteiger partial charge in [0.1, 0.15) is 11.8 Å². The van der Waals surface area contributed by atoms with Crippen molar-refractivity contribution in [1.29, 1.82) is 0 Å². The summed E-state index contributed by atoms with van der Waals surface area (Å²) >= 11 is 3.34. The minimum Gasteiger partial charge on any atom is -0.492 e. The zero-order valence-corrected chi connectivity index (χ0v) is 11.6. The second kappa shape index (κ2) is 6.15. The number of hydrogen-bond acceptors (Lipinski definition) is 5. The molecule has 0 aromatic carbocycles. The molecule has 0 bridgehead atoms. The average molecular weight is 315 g/mol. The van der Waals surface area contributed by atoms with Crippen LogP contribution in [0.1, 0.15) is 6.42 Å². The molecule has 1 N–H and O–H groups in total.